The Labute approximate surface area is 231 Å². The van der Waals surface area contributed by atoms with Crippen molar-refractivity contribution in [3.63, 3.8) is 0 Å². The van der Waals surface area contributed by atoms with E-state index < -0.39 is 0 Å². The van der Waals surface area contributed by atoms with E-state index in [-0.39, 0.29) is 18.0 Å². The molecule has 0 bridgehead atoms. The lowest BCUT2D eigenvalue weighted by atomic mass is 10.1. The fourth-order valence-electron chi connectivity index (χ4n) is 4.21. The smallest absolute Gasteiger partial charge is 0.337 e. The first-order valence-electron chi connectivity index (χ1n) is 11.9. The van der Waals surface area contributed by atoms with Gasteiger partial charge in [0.2, 0.25) is 0 Å². The molecule has 3 aromatic carbocycles. The number of carbonyl (C=O) groups excluding carboxylic acids is 2. The summed E-state index contributed by atoms with van der Waals surface area (Å²) in [6, 6.07) is 19.9. The number of hydrogen-bond donors (Lipinski definition) is 0. The zero-order chi connectivity index (χ0) is 26.4. The Balaban J connectivity index is 1.40. The maximum atomic E-state index is 13.0. The van der Waals surface area contributed by atoms with Crippen LogP contribution in [0.2, 0.25) is 15.1 Å². The number of halogens is 3. The number of rotatable bonds is 8. The second kappa shape index (κ2) is 12.8. The van der Waals surface area contributed by atoms with E-state index in [4.69, 9.17) is 44.3 Å². The van der Waals surface area contributed by atoms with E-state index in [1.54, 1.807) is 35.2 Å². The number of ether oxygens (including phenoxy) is 2. The predicted octanol–water partition coefficient (Wildman–Crippen LogP) is 6.15. The molecule has 9 heteroatoms. The van der Waals surface area contributed by atoms with E-state index >= 15 is 0 Å². The number of benzene rings is 3. The molecule has 1 heterocycles. The summed E-state index contributed by atoms with van der Waals surface area (Å²) in [5.41, 5.74) is 2.79. The lowest BCUT2D eigenvalue weighted by Gasteiger charge is -2.36. The summed E-state index contributed by atoms with van der Waals surface area (Å²) in [4.78, 5) is 28.8. The van der Waals surface area contributed by atoms with Gasteiger partial charge in [0.15, 0.2) is 0 Å². The molecule has 0 aliphatic carbocycles. The molecular weight excluding hydrogens is 535 g/mol. The second-order valence-electron chi connectivity index (χ2n) is 8.73. The Morgan fingerprint density at radius 1 is 0.865 bits per heavy atom. The fourth-order valence-corrected chi connectivity index (χ4v) is 4.90. The number of piperazine rings is 1. The Morgan fingerprint density at radius 3 is 2.08 bits per heavy atom. The van der Waals surface area contributed by atoms with Crippen LogP contribution in [-0.2, 0) is 16.1 Å². The molecule has 0 N–H and O–H groups in total. The quantitative estimate of drug-likeness (QED) is 0.309. The van der Waals surface area contributed by atoms with Gasteiger partial charge in [0.1, 0.15) is 0 Å². The summed E-state index contributed by atoms with van der Waals surface area (Å²) in [5.74, 6) is -0.530. The molecule has 1 atom stereocenters. The van der Waals surface area contributed by atoms with Crippen LogP contribution in [0.1, 0.15) is 37.9 Å². The van der Waals surface area contributed by atoms with Gasteiger partial charge in [0.05, 0.1) is 41.0 Å². The van der Waals surface area contributed by atoms with Crippen molar-refractivity contribution < 1.29 is 19.1 Å². The van der Waals surface area contributed by atoms with Crippen LogP contribution in [0.3, 0.4) is 0 Å². The van der Waals surface area contributed by atoms with Crippen LogP contribution in [0, 0.1) is 0 Å². The van der Waals surface area contributed by atoms with Crippen LogP contribution in [0.4, 0.5) is 0 Å². The molecule has 1 saturated heterocycles. The number of nitrogens with zero attached hydrogens (tertiary/aromatic N) is 2. The van der Waals surface area contributed by atoms with Crippen molar-refractivity contribution in [1.82, 2.24) is 9.80 Å². The van der Waals surface area contributed by atoms with Crippen LogP contribution >= 0.6 is 34.8 Å². The molecule has 4 rings (SSSR count). The summed E-state index contributed by atoms with van der Waals surface area (Å²) < 4.78 is 11.1. The third-order valence-corrected chi connectivity index (χ3v) is 7.21. The third-order valence-electron chi connectivity index (χ3n) is 6.33. The summed E-state index contributed by atoms with van der Waals surface area (Å²) in [6.45, 7) is 3.52. The van der Waals surface area contributed by atoms with Crippen molar-refractivity contribution in [1.29, 1.82) is 0 Å². The van der Waals surface area contributed by atoms with Gasteiger partial charge in [0.25, 0.3) is 5.91 Å². The molecule has 0 unspecified atom stereocenters. The first-order valence-corrected chi connectivity index (χ1v) is 13.0. The SMILES string of the molecule is COC(=O)c1ccc(CO[C@@H](CN2CCN(C(=O)c3c(Cl)cccc3Cl)CC2)c2ccc(Cl)cc2)cc1. The minimum atomic E-state index is -0.374. The summed E-state index contributed by atoms with van der Waals surface area (Å²) in [6.07, 6.45) is -0.210. The fraction of sp³-hybridized carbons (Fsp3) is 0.286. The highest BCUT2D eigenvalue weighted by atomic mass is 35.5. The van der Waals surface area contributed by atoms with E-state index in [1.807, 2.05) is 36.4 Å². The van der Waals surface area contributed by atoms with E-state index in [0.29, 0.717) is 65.5 Å². The van der Waals surface area contributed by atoms with Gasteiger partial charge < -0.3 is 14.4 Å². The van der Waals surface area contributed by atoms with Gasteiger partial charge in [-0.25, -0.2) is 4.79 Å². The minimum absolute atomic E-state index is 0.156. The van der Waals surface area contributed by atoms with E-state index in [1.165, 1.54) is 7.11 Å². The number of methoxy groups -OCH3 is 1. The molecule has 1 aliphatic heterocycles. The number of esters is 1. The van der Waals surface area contributed by atoms with E-state index in [0.717, 1.165) is 11.1 Å². The minimum Gasteiger partial charge on any atom is -0.465 e. The van der Waals surface area contributed by atoms with Crippen LogP contribution in [0.5, 0.6) is 0 Å². The number of hydrogen-bond acceptors (Lipinski definition) is 5. The highest BCUT2D eigenvalue weighted by molar-refractivity contribution is 6.39. The average molecular weight is 562 g/mol. The molecule has 194 valence electrons. The topological polar surface area (TPSA) is 59.1 Å². The van der Waals surface area contributed by atoms with Crippen molar-refractivity contribution in [2.75, 3.05) is 39.8 Å². The van der Waals surface area contributed by atoms with Gasteiger partial charge in [-0.15, -0.1) is 0 Å². The maximum Gasteiger partial charge on any atom is 0.337 e. The molecule has 0 aromatic heterocycles. The first kappa shape index (κ1) is 27.4. The van der Waals surface area contributed by atoms with Gasteiger partial charge in [-0.3, -0.25) is 9.69 Å². The second-order valence-corrected chi connectivity index (χ2v) is 9.98. The van der Waals surface area contributed by atoms with Crippen LogP contribution in [0.15, 0.2) is 66.7 Å². The van der Waals surface area contributed by atoms with Crippen LogP contribution in [-0.4, -0.2) is 61.5 Å². The zero-order valence-corrected chi connectivity index (χ0v) is 22.6. The molecule has 37 heavy (non-hydrogen) atoms. The van der Waals surface area contributed by atoms with Gasteiger partial charge in [-0.05, 0) is 47.5 Å². The van der Waals surface area contributed by atoms with Crippen LogP contribution < -0.4 is 0 Å². The van der Waals surface area contributed by atoms with Crippen molar-refractivity contribution >= 4 is 46.7 Å². The zero-order valence-electron chi connectivity index (χ0n) is 20.3. The molecule has 6 nitrogen and oxygen atoms in total. The molecule has 0 spiro atoms. The first-order chi connectivity index (χ1) is 17.9. The summed E-state index contributed by atoms with van der Waals surface area (Å²) in [5, 5.41) is 1.37. The van der Waals surface area contributed by atoms with Gasteiger partial charge >= 0.3 is 5.97 Å². The predicted molar refractivity (Wildman–Crippen MR) is 146 cm³/mol. The number of amides is 1. The van der Waals surface area contributed by atoms with Crippen molar-refractivity contribution in [2.45, 2.75) is 12.7 Å². The van der Waals surface area contributed by atoms with E-state index in [9.17, 15) is 9.59 Å². The molecular formula is C28H27Cl3N2O4. The monoisotopic (exact) mass is 560 g/mol. The molecule has 0 radical (unpaired) electrons. The third kappa shape index (κ3) is 7.03. The number of carbonyl (C=O) groups is 2. The molecule has 1 amide bonds. The lowest BCUT2D eigenvalue weighted by Crippen LogP contribution is -2.49. The molecule has 1 aliphatic rings. The van der Waals surface area contributed by atoms with Crippen LogP contribution in [0.25, 0.3) is 0 Å². The lowest BCUT2D eigenvalue weighted by molar-refractivity contribution is 0.00341. The van der Waals surface area contributed by atoms with Crippen molar-refractivity contribution in [3.8, 4) is 0 Å². The summed E-state index contributed by atoms with van der Waals surface area (Å²) in [7, 11) is 1.36. The Bertz CT molecular complexity index is 1210. The molecule has 0 saturated carbocycles. The van der Waals surface area contributed by atoms with Gasteiger partial charge in [-0.1, -0.05) is 65.1 Å². The van der Waals surface area contributed by atoms with Crippen molar-refractivity contribution in [3.05, 3.63) is 104 Å². The highest BCUT2D eigenvalue weighted by Gasteiger charge is 2.27. The Hall–Kier alpha value is -2.61. The average Bonchev–Trinajstić information content (AvgIpc) is 2.91. The summed E-state index contributed by atoms with van der Waals surface area (Å²) >= 11 is 18.6. The normalized spacial score (nSPS) is 14.9. The Kier molecular flexibility index (Phi) is 9.46. The van der Waals surface area contributed by atoms with Crippen molar-refractivity contribution in [2.24, 2.45) is 0 Å². The largest absolute Gasteiger partial charge is 0.465 e. The van der Waals surface area contributed by atoms with Gasteiger partial charge in [-0.2, -0.15) is 0 Å². The standard InChI is InChI=1S/C28H27Cl3N2O4/c1-36-28(35)21-7-5-19(6-8-21)18-37-25(20-9-11-22(29)12-10-20)17-32-13-15-33(16-14-32)27(34)26-23(30)3-2-4-24(26)31/h2-12,25H,13-18H2,1H3/t25-/m0/s1. The maximum absolute atomic E-state index is 13.0. The van der Waals surface area contributed by atoms with Gasteiger partial charge in [0, 0.05) is 37.7 Å². The molecule has 1 fully saturated rings. The molecule has 3 aromatic rings. The Morgan fingerprint density at radius 2 is 1.49 bits per heavy atom. The highest BCUT2D eigenvalue weighted by Crippen LogP contribution is 2.27. The van der Waals surface area contributed by atoms with E-state index in [2.05, 4.69) is 4.90 Å².